The van der Waals surface area contributed by atoms with Crippen molar-refractivity contribution < 1.29 is 4.79 Å². The van der Waals surface area contributed by atoms with E-state index in [2.05, 4.69) is 42.0 Å². The lowest BCUT2D eigenvalue weighted by atomic mass is 10.3. The molecule has 0 saturated heterocycles. The molecule has 0 aliphatic heterocycles. The molecule has 0 aliphatic rings. The molecule has 0 atom stereocenters. The van der Waals surface area contributed by atoms with E-state index in [1.807, 2.05) is 12.1 Å². The quantitative estimate of drug-likeness (QED) is 0.876. The van der Waals surface area contributed by atoms with Crippen LogP contribution in [0.25, 0.3) is 0 Å². The highest BCUT2D eigenvalue weighted by Crippen LogP contribution is 2.26. The SMILES string of the molecule is CC(C)(C)SCC(=O)Nc1ccc(Br)c(Cl)c1. The van der Waals surface area contributed by atoms with E-state index in [1.54, 1.807) is 17.8 Å². The fraction of sp³-hybridized carbons (Fsp3) is 0.417. The summed E-state index contributed by atoms with van der Waals surface area (Å²) < 4.78 is 0.913. The summed E-state index contributed by atoms with van der Waals surface area (Å²) in [6.45, 7) is 6.25. The maximum atomic E-state index is 11.7. The summed E-state index contributed by atoms with van der Waals surface area (Å²) in [7, 11) is 0. The lowest BCUT2D eigenvalue weighted by molar-refractivity contribution is -0.113. The molecule has 5 heteroatoms. The average molecular weight is 337 g/mol. The van der Waals surface area contributed by atoms with Gasteiger partial charge in [0.1, 0.15) is 0 Å². The summed E-state index contributed by atoms with van der Waals surface area (Å²) in [6, 6.07) is 5.36. The van der Waals surface area contributed by atoms with E-state index in [1.165, 1.54) is 0 Å². The van der Waals surface area contributed by atoms with Gasteiger partial charge in [-0.25, -0.2) is 0 Å². The minimum absolute atomic E-state index is 0.0108. The standard InChI is InChI=1S/C12H15BrClNOS/c1-12(2,3)17-7-11(16)15-8-4-5-9(13)10(14)6-8/h4-6H,7H2,1-3H3,(H,15,16). The van der Waals surface area contributed by atoms with Crippen LogP contribution in [0.15, 0.2) is 22.7 Å². The van der Waals surface area contributed by atoms with Crippen molar-refractivity contribution in [1.29, 1.82) is 0 Å². The molecule has 1 aromatic carbocycles. The Morgan fingerprint density at radius 3 is 2.65 bits per heavy atom. The Morgan fingerprint density at radius 1 is 1.47 bits per heavy atom. The fourth-order valence-electron chi connectivity index (χ4n) is 1.05. The number of thioether (sulfide) groups is 1. The van der Waals surface area contributed by atoms with E-state index in [0.717, 1.165) is 10.2 Å². The van der Waals surface area contributed by atoms with Crippen LogP contribution in [0.1, 0.15) is 20.8 Å². The Hall–Kier alpha value is -0.190. The fourth-order valence-corrected chi connectivity index (χ4v) is 2.12. The van der Waals surface area contributed by atoms with Crippen LogP contribution in [0.4, 0.5) is 5.69 Å². The van der Waals surface area contributed by atoms with Gasteiger partial charge in [-0.1, -0.05) is 32.4 Å². The third kappa shape index (κ3) is 5.80. The van der Waals surface area contributed by atoms with Crippen LogP contribution >= 0.6 is 39.3 Å². The molecule has 94 valence electrons. The molecule has 1 rings (SSSR count). The Kier molecular flexibility index (Phi) is 5.35. The molecule has 0 saturated carbocycles. The van der Waals surface area contributed by atoms with Crippen molar-refractivity contribution in [3.8, 4) is 0 Å². The minimum Gasteiger partial charge on any atom is -0.325 e. The second-order valence-corrected chi connectivity index (χ2v) is 7.64. The van der Waals surface area contributed by atoms with Gasteiger partial charge in [0.25, 0.3) is 0 Å². The summed E-state index contributed by atoms with van der Waals surface area (Å²) in [4.78, 5) is 11.7. The first-order valence-corrected chi connectivity index (χ1v) is 7.32. The maximum absolute atomic E-state index is 11.7. The van der Waals surface area contributed by atoms with Gasteiger partial charge in [0, 0.05) is 14.9 Å². The van der Waals surface area contributed by atoms with Crippen LogP contribution in [0, 0.1) is 0 Å². The van der Waals surface area contributed by atoms with E-state index in [9.17, 15) is 4.79 Å². The normalized spacial score (nSPS) is 11.4. The summed E-state index contributed by atoms with van der Waals surface area (Å²) >= 11 is 10.9. The van der Waals surface area contributed by atoms with E-state index in [4.69, 9.17) is 11.6 Å². The summed E-state index contributed by atoms with van der Waals surface area (Å²) in [5.74, 6) is 0.431. The Balaban J connectivity index is 2.54. The molecule has 17 heavy (non-hydrogen) atoms. The Labute approximate surface area is 120 Å². The van der Waals surface area contributed by atoms with Crippen molar-refractivity contribution in [3.05, 3.63) is 27.7 Å². The van der Waals surface area contributed by atoms with Gasteiger partial charge in [0.15, 0.2) is 0 Å². The van der Waals surface area contributed by atoms with E-state index < -0.39 is 0 Å². The number of nitrogens with one attached hydrogen (secondary N) is 1. The summed E-state index contributed by atoms with van der Waals surface area (Å²) in [5.41, 5.74) is 0.720. The molecule has 1 amide bonds. The van der Waals surface area contributed by atoms with Crippen LogP contribution in [0.5, 0.6) is 0 Å². The van der Waals surface area contributed by atoms with Crippen LogP contribution in [-0.2, 0) is 4.79 Å². The highest BCUT2D eigenvalue weighted by atomic mass is 79.9. The van der Waals surface area contributed by atoms with Gasteiger partial charge in [0.2, 0.25) is 5.91 Å². The van der Waals surface area contributed by atoms with Gasteiger partial charge in [-0.2, -0.15) is 0 Å². The molecule has 0 aromatic heterocycles. The maximum Gasteiger partial charge on any atom is 0.234 e. The second-order valence-electron chi connectivity index (χ2n) is 4.58. The number of amides is 1. The van der Waals surface area contributed by atoms with Crippen molar-refractivity contribution in [2.45, 2.75) is 25.5 Å². The third-order valence-electron chi connectivity index (χ3n) is 1.84. The molecule has 1 aromatic rings. The monoisotopic (exact) mass is 335 g/mol. The lowest BCUT2D eigenvalue weighted by Crippen LogP contribution is -2.18. The number of anilines is 1. The predicted octanol–water partition coefficient (Wildman–Crippen LogP) is 4.57. The molecule has 0 aliphatic carbocycles. The topological polar surface area (TPSA) is 29.1 Å². The van der Waals surface area contributed by atoms with Gasteiger partial charge in [-0.3, -0.25) is 4.79 Å². The molecular weight excluding hydrogens is 322 g/mol. The van der Waals surface area contributed by atoms with Crippen molar-refractivity contribution in [1.82, 2.24) is 0 Å². The first-order valence-electron chi connectivity index (χ1n) is 5.17. The summed E-state index contributed by atoms with van der Waals surface area (Å²) in [5, 5.41) is 3.41. The average Bonchev–Trinajstić information content (AvgIpc) is 2.20. The Bertz CT molecular complexity index is 417. The van der Waals surface area contributed by atoms with E-state index in [0.29, 0.717) is 10.8 Å². The van der Waals surface area contributed by atoms with Gasteiger partial charge in [-0.05, 0) is 34.1 Å². The van der Waals surface area contributed by atoms with E-state index in [-0.39, 0.29) is 10.7 Å². The largest absolute Gasteiger partial charge is 0.325 e. The van der Waals surface area contributed by atoms with Gasteiger partial charge in [0.05, 0.1) is 10.8 Å². The van der Waals surface area contributed by atoms with Gasteiger partial charge < -0.3 is 5.32 Å². The molecule has 0 unspecified atom stereocenters. The number of hydrogen-bond acceptors (Lipinski definition) is 2. The smallest absolute Gasteiger partial charge is 0.234 e. The zero-order chi connectivity index (χ0) is 13.1. The molecule has 1 N–H and O–H groups in total. The first kappa shape index (κ1) is 14.9. The summed E-state index contributed by atoms with van der Waals surface area (Å²) in [6.07, 6.45) is 0. The number of carbonyl (C=O) groups is 1. The van der Waals surface area contributed by atoms with Crippen molar-refractivity contribution in [2.24, 2.45) is 0 Å². The zero-order valence-corrected chi connectivity index (χ0v) is 13.2. The first-order chi connectivity index (χ1) is 7.78. The van der Waals surface area contributed by atoms with Crippen molar-refractivity contribution >= 4 is 50.9 Å². The second kappa shape index (κ2) is 6.12. The number of carbonyl (C=O) groups excluding carboxylic acids is 1. The Morgan fingerprint density at radius 2 is 2.12 bits per heavy atom. The number of benzene rings is 1. The molecule has 0 fully saturated rings. The van der Waals surface area contributed by atoms with Crippen molar-refractivity contribution in [2.75, 3.05) is 11.1 Å². The molecular formula is C12H15BrClNOS. The van der Waals surface area contributed by atoms with Crippen LogP contribution < -0.4 is 5.32 Å². The van der Waals surface area contributed by atoms with Gasteiger partial charge in [-0.15, -0.1) is 11.8 Å². The van der Waals surface area contributed by atoms with E-state index >= 15 is 0 Å². The third-order valence-corrected chi connectivity index (χ3v) is 4.34. The highest BCUT2D eigenvalue weighted by Gasteiger charge is 2.13. The lowest BCUT2D eigenvalue weighted by Gasteiger charge is -2.17. The van der Waals surface area contributed by atoms with Gasteiger partial charge >= 0.3 is 0 Å². The molecule has 2 nitrogen and oxygen atoms in total. The van der Waals surface area contributed by atoms with Crippen LogP contribution in [-0.4, -0.2) is 16.4 Å². The minimum atomic E-state index is -0.0108. The number of rotatable bonds is 3. The van der Waals surface area contributed by atoms with Crippen LogP contribution in [0.3, 0.4) is 0 Å². The molecule has 0 heterocycles. The van der Waals surface area contributed by atoms with Crippen molar-refractivity contribution in [3.63, 3.8) is 0 Å². The highest BCUT2D eigenvalue weighted by molar-refractivity contribution is 9.10. The number of halogens is 2. The van der Waals surface area contributed by atoms with Crippen LogP contribution in [0.2, 0.25) is 5.02 Å². The molecule has 0 spiro atoms. The predicted molar refractivity (Wildman–Crippen MR) is 80.0 cm³/mol. The zero-order valence-electron chi connectivity index (χ0n) is 10.0. The molecule has 0 radical (unpaired) electrons. The number of hydrogen-bond donors (Lipinski definition) is 1. The molecule has 0 bridgehead atoms.